The van der Waals surface area contributed by atoms with E-state index >= 15 is 0 Å². The average molecular weight is 327 g/mol. The Kier molecular flexibility index (Phi) is 4.91. The zero-order valence-electron chi connectivity index (χ0n) is 13.7. The van der Waals surface area contributed by atoms with E-state index in [1.165, 1.54) is 11.1 Å². The summed E-state index contributed by atoms with van der Waals surface area (Å²) in [6, 6.07) is 14.9. The summed E-state index contributed by atoms with van der Waals surface area (Å²) >= 11 is 1.83. The first-order chi connectivity index (χ1) is 11.2. The maximum Gasteiger partial charge on any atom is 0.125 e. The normalized spacial score (nSPS) is 17.0. The van der Waals surface area contributed by atoms with Gasteiger partial charge >= 0.3 is 0 Å². The molecule has 0 aliphatic carbocycles. The van der Waals surface area contributed by atoms with Gasteiger partial charge in [0.25, 0.3) is 0 Å². The second kappa shape index (κ2) is 7.09. The first-order valence-corrected chi connectivity index (χ1v) is 8.67. The van der Waals surface area contributed by atoms with Crippen LogP contribution >= 0.6 is 11.8 Å². The summed E-state index contributed by atoms with van der Waals surface area (Å²) in [7, 11) is 3.39. The molecule has 3 rings (SSSR count). The lowest BCUT2D eigenvalue weighted by molar-refractivity contribution is 0.387. The summed E-state index contributed by atoms with van der Waals surface area (Å²) < 4.78 is 10.9. The van der Waals surface area contributed by atoms with Gasteiger partial charge in [0.1, 0.15) is 11.5 Å². The summed E-state index contributed by atoms with van der Waals surface area (Å²) in [4.78, 5) is 4.88. The highest BCUT2D eigenvalue weighted by atomic mass is 32.2. The van der Waals surface area contributed by atoms with E-state index in [-0.39, 0.29) is 0 Å². The number of hydrogen-bond acceptors (Lipinski definition) is 4. The largest absolute Gasteiger partial charge is 0.496 e. The minimum absolute atomic E-state index is 0.298. The van der Waals surface area contributed by atoms with Crippen LogP contribution in [-0.2, 0) is 6.42 Å². The summed E-state index contributed by atoms with van der Waals surface area (Å²) in [6.45, 7) is 2.01. The third-order valence-corrected chi connectivity index (χ3v) is 5.18. The molecule has 2 aromatic carbocycles. The Balaban J connectivity index is 1.79. The summed E-state index contributed by atoms with van der Waals surface area (Å²) in [5, 5.41) is 1.14. The second-order valence-corrected chi connectivity index (χ2v) is 6.60. The minimum atomic E-state index is 0.298. The number of nitrogens with zero attached hydrogens (tertiary/aromatic N) is 1. The van der Waals surface area contributed by atoms with Crippen molar-refractivity contribution in [1.29, 1.82) is 0 Å². The van der Waals surface area contributed by atoms with E-state index < -0.39 is 0 Å². The molecule has 2 aromatic rings. The molecular weight excluding hydrogens is 306 g/mol. The van der Waals surface area contributed by atoms with Gasteiger partial charge in [0.15, 0.2) is 0 Å². The number of rotatable bonds is 5. The van der Waals surface area contributed by atoms with Gasteiger partial charge in [0.2, 0.25) is 0 Å². The molecule has 0 radical (unpaired) electrons. The number of aliphatic imine (C=N–C) groups is 1. The van der Waals surface area contributed by atoms with Gasteiger partial charge in [-0.15, -0.1) is 11.8 Å². The van der Waals surface area contributed by atoms with Gasteiger partial charge in [-0.2, -0.15) is 0 Å². The van der Waals surface area contributed by atoms with E-state index in [4.69, 9.17) is 14.5 Å². The molecular formula is C19H21NO2S. The van der Waals surface area contributed by atoms with Crippen LogP contribution < -0.4 is 9.47 Å². The van der Waals surface area contributed by atoms with Crippen molar-refractivity contribution in [3.63, 3.8) is 0 Å². The number of hydrogen-bond donors (Lipinski definition) is 0. The molecule has 120 valence electrons. The average Bonchev–Trinajstić information content (AvgIpc) is 3.05. The van der Waals surface area contributed by atoms with Gasteiger partial charge in [0.05, 0.1) is 25.3 Å². The molecule has 0 spiro atoms. The van der Waals surface area contributed by atoms with Crippen molar-refractivity contribution in [2.45, 2.75) is 19.4 Å². The molecule has 1 unspecified atom stereocenters. The fourth-order valence-electron chi connectivity index (χ4n) is 2.79. The van der Waals surface area contributed by atoms with Gasteiger partial charge in [-0.25, -0.2) is 0 Å². The van der Waals surface area contributed by atoms with E-state index in [0.29, 0.717) is 6.04 Å². The number of thioether (sulfide) groups is 1. The van der Waals surface area contributed by atoms with Gasteiger partial charge in [0, 0.05) is 16.9 Å². The van der Waals surface area contributed by atoms with Gasteiger partial charge in [-0.3, -0.25) is 4.99 Å². The third-order valence-electron chi connectivity index (χ3n) is 4.02. The molecule has 1 aliphatic heterocycles. The first kappa shape index (κ1) is 15.9. The Labute approximate surface area is 141 Å². The molecule has 0 fully saturated rings. The van der Waals surface area contributed by atoms with Crippen molar-refractivity contribution in [3.8, 4) is 11.5 Å². The Morgan fingerprint density at radius 3 is 2.35 bits per heavy atom. The third kappa shape index (κ3) is 3.53. The molecule has 1 aliphatic rings. The molecule has 4 heteroatoms. The zero-order valence-corrected chi connectivity index (χ0v) is 14.5. The van der Waals surface area contributed by atoms with Crippen LogP contribution in [-0.4, -0.2) is 31.1 Å². The van der Waals surface area contributed by atoms with Crippen LogP contribution in [0.3, 0.4) is 0 Å². The van der Waals surface area contributed by atoms with Crippen molar-refractivity contribution in [1.82, 2.24) is 0 Å². The van der Waals surface area contributed by atoms with Crippen molar-refractivity contribution < 1.29 is 9.47 Å². The molecule has 1 atom stereocenters. The monoisotopic (exact) mass is 327 g/mol. The molecule has 0 saturated carbocycles. The Hall–Kier alpha value is -1.94. The molecule has 0 saturated heterocycles. The van der Waals surface area contributed by atoms with E-state index in [2.05, 4.69) is 36.4 Å². The standard InChI is InChI=1S/C19H21NO2S/c1-13-17(21-2)10-14(11-18(13)22-3)9-16-12-23-19(20-16)15-7-5-4-6-8-15/h4-8,10-11,16H,9,12H2,1-3H3. The number of methoxy groups -OCH3 is 2. The highest BCUT2D eigenvalue weighted by Gasteiger charge is 2.20. The van der Waals surface area contributed by atoms with Crippen LogP contribution in [0.15, 0.2) is 47.5 Å². The Morgan fingerprint density at radius 2 is 1.74 bits per heavy atom. The summed E-state index contributed by atoms with van der Waals surface area (Å²) in [5.41, 5.74) is 3.44. The molecule has 0 amide bonds. The highest BCUT2D eigenvalue weighted by molar-refractivity contribution is 8.14. The van der Waals surface area contributed by atoms with E-state index in [1.54, 1.807) is 14.2 Å². The first-order valence-electron chi connectivity index (χ1n) is 7.68. The van der Waals surface area contributed by atoms with Crippen molar-refractivity contribution in [3.05, 3.63) is 59.2 Å². The highest BCUT2D eigenvalue weighted by Crippen LogP contribution is 2.32. The van der Waals surface area contributed by atoms with Crippen molar-refractivity contribution in [2.24, 2.45) is 4.99 Å². The maximum absolute atomic E-state index is 5.46. The topological polar surface area (TPSA) is 30.8 Å². The fourth-order valence-corrected chi connectivity index (χ4v) is 3.86. The Bertz CT molecular complexity index is 688. The summed E-state index contributed by atoms with van der Waals surface area (Å²) in [5.74, 6) is 2.76. The lowest BCUT2D eigenvalue weighted by Gasteiger charge is -2.13. The predicted molar refractivity (Wildman–Crippen MR) is 97.2 cm³/mol. The summed E-state index contributed by atoms with van der Waals surface area (Å²) in [6.07, 6.45) is 0.899. The van der Waals surface area contributed by atoms with Crippen LogP contribution in [0.25, 0.3) is 0 Å². The predicted octanol–water partition coefficient (Wildman–Crippen LogP) is 4.12. The zero-order chi connectivity index (χ0) is 16.2. The Morgan fingerprint density at radius 1 is 1.09 bits per heavy atom. The maximum atomic E-state index is 5.46. The molecule has 23 heavy (non-hydrogen) atoms. The van der Waals surface area contributed by atoms with Crippen LogP contribution in [0.5, 0.6) is 11.5 Å². The van der Waals surface area contributed by atoms with Gasteiger partial charge in [-0.1, -0.05) is 30.3 Å². The van der Waals surface area contributed by atoms with E-state index in [0.717, 1.165) is 34.3 Å². The SMILES string of the molecule is COc1cc(CC2CSC(c3ccccc3)=N2)cc(OC)c1C. The van der Waals surface area contributed by atoms with Crippen LogP contribution in [0, 0.1) is 6.92 Å². The molecule has 0 N–H and O–H groups in total. The lowest BCUT2D eigenvalue weighted by atomic mass is 10.0. The van der Waals surface area contributed by atoms with Crippen LogP contribution in [0.4, 0.5) is 0 Å². The lowest BCUT2D eigenvalue weighted by Crippen LogP contribution is -2.08. The number of ether oxygens (including phenoxy) is 2. The van der Waals surface area contributed by atoms with Gasteiger partial charge < -0.3 is 9.47 Å². The minimum Gasteiger partial charge on any atom is -0.496 e. The van der Waals surface area contributed by atoms with Crippen molar-refractivity contribution in [2.75, 3.05) is 20.0 Å². The van der Waals surface area contributed by atoms with E-state index in [9.17, 15) is 0 Å². The number of benzene rings is 2. The van der Waals surface area contributed by atoms with Crippen molar-refractivity contribution >= 4 is 16.8 Å². The van der Waals surface area contributed by atoms with Gasteiger partial charge in [-0.05, 0) is 31.0 Å². The second-order valence-electron chi connectivity index (χ2n) is 5.59. The fraction of sp³-hybridized carbons (Fsp3) is 0.316. The molecule has 0 bridgehead atoms. The quantitative estimate of drug-likeness (QED) is 0.828. The molecule has 3 nitrogen and oxygen atoms in total. The smallest absolute Gasteiger partial charge is 0.125 e. The molecule has 0 aromatic heterocycles. The van der Waals surface area contributed by atoms with E-state index in [1.807, 2.05) is 24.8 Å². The molecule has 1 heterocycles. The van der Waals surface area contributed by atoms with Crippen LogP contribution in [0.2, 0.25) is 0 Å². The van der Waals surface area contributed by atoms with Crippen LogP contribution in [0.1, 0.15) is 16.7 Å².